The van der Waals surface area contributed by atoms with E-state index in [0.717, 1.165) is 12.8 Å². The van der Waals surface area contributed by atoms with Crippen molar-refractivity contribution in [3.8, 4) is 6.07 Å². The van der Waals surface area contributed by atoms with Crippen LogP contribution in [-0.4, -0.2) is 5.11 Å². The summed E-state index contributed by atoms with van der Waals surface area (Å²) in [6, 6.07) is 12.2. The van der Waals surface area contributed by atoms with E-state index in [1.54, 1.807) is 6.92 Å². The van der Waals surface area contributed by atoms with Gasteiger partial charge in [0.05, 0.1) is 11.6 Å². The summed E-state index contributed by atoms with van der Waals surface area (Å²) in [5.74, 6) is 0.144. The van der Waals surface area contributed by atoms with E-state index in [4.69, 9.17) is 10.4 Å². The van der Waals surface area contributed by atoms with Gasteiger partial charge in [0.15, 0.2) is 0 Å². The van der Waals surface area contributed by atoms with Crippen molar-refractivity contribution in [2.75, 3.05) is 0 Å². The molecule has 0 aliphatic rings. The van der Waals surface area contributed by atoms with Gasteiger partial charge in [-0.25, -0.2) is 0 Å². The van der Waals surface area contributed by atoms with Crippen LogP contribution in [0.1, 0.15) is 25.3 Å². The summed E-state index contributed by atoms with van der Waals surface area (Å²) in [6.07, 6.45) is 2.48. The van der Waals surface area contributed by atoms with Gasteiger partial charge in [-0.05, 0) is 31.7 Å². The number of nitriles is 1. The quantitative estimate of drug-likeness (QED) is 0.599. The first kappa shape index (κ1) is 11.3. The van der Waals surface area contributed by atoms with Crippen molar-refractivity contribution < 1.29 is 5.11 Å². The van der Waals surface area contributed by atoms with Gasteiger partial charge in [-0.2, -0.15) is 5.26 Å². The first-order valence-electron chi connectivity index (χ1n) is 5.07. The summed E-state index contributed by atoms with van der Waals surface area (Å²) in [5.41, 5.74) is 1.76. The molecule has 78 valence electrons. The molecule has 0 unspecified atom stereocenters. The molecule has 1 aromatic carbocycles. The SMILES string of the molecule is C/C(O)=C(\C#N)CCCc1ccccc1. The molecule has 0 saturated carbocycles. The molecule has 0 aliphatic heterocycles. The predicted molar refractivity (Wildman–Crippen MR) is 60.3 cm³/mol. The second-order valence-corrected chi connectivity index (χ2v) is 3.51. The summed E-state index contributed by atoms with van der Waals surface area (Å²) in [7, 11) is 0. The van der Waals surface area contributed by atoms with E-state index in [-0.39, 0.29) is 5.76 Å². The van der Waals surface area contributed by atoms with E-state index >= 15 is 0 Å². The fourth-order valence-electron chi connectivity index (χ4n) is 1.43. The Morgan fingerprint density at radius 2 is 2.00 bits per heavy atom. The van der Waals surface area contributed by atoms with Gasteiger partial charge in [-0.3, -0.25) is 0 Å². The largest absolute Gasteiger partial charge is 0.512 e. The van der Waals surface area contributed by atoms with Crippen LogP contribution in [-0.2, 0) is 6.42 Å². The lowest BCUT2D eigenvalue weighted by Gasteiger charge is -2.01. The molecule has 0 heterocycles. The summed E-state index contributed by atoms with van der Waals surface area (Å²) in [6.45, 7) is 1.56. The van der Waals surface area contributed by atoms with Gasteiger partial charge in [0, 0.05) is 0 Å². The minimum Gasteiger partial charge on any atom is -0.512 e. The summed E-state index contributed by atoms with van der Waals surface area (Å²) in [4.78, 5) is 0. The highest BCUT2D eigenvalue weighted by molar-refractivity contribution is 5.23. The van der Waals surface area contributed by atoms with Crippen molar-refractivity contribution in [2.24, 2.45) is 0 Å². The van der Waals surface area contributed by atoms with Gasteiger partial charge in [0.1, 0.15) is 5.76 Å². The van der Waals surface area contributed by atoms with Crippen molar-refractivity contribution in [1.29, 1.82) is 5.26 Å². The normalized spacial score (nSPS) is 11.7. The zero-order chi connectivity index (χ0) is 11.1. The highest BCUT2D eigenvalue weighted by Crippen LogP contribution is 2.11. The third-order valence-electron chi connectivity index (χ3n) is 2.31. The maximum atomic E-state index is 9.17. The Bertz CT molecular complexity index is 369. The predicted octanol–water partition coefficient (Wildman–Crippen LogP) is 3.36. The average molecular weight is 201 g/mol. The number of hydrogen-bond donors (Lipinski definition) is 1. The summed E-state index contributed by atoms with van der Waals surface area (Å²) in [5, 5.41) is 17.9. The zero-order valence-electron chi connectivity index (χ0n) is 8.90. The Morgan fingerprint density at radius 3 is 2.53 bits per heavy atom. The second-order valence-electron chi connectivity index (χ2n) is 3.51. The van der Waals surface area contributed by atoms with Crippen molar-refractivity contribution in [1.82, 2.24) is 0 Å². The molecule has 0 amide bonds. The van der Waals surface area contributed by atoms with Crippen LogP contribution in [0.15, 0.2) is 41.7 Å². The van der Waals surface area contributed by atoms with Gasteiger partial charge in [-0.15, -0.1) is 0 Å². The maximum absolute atomic E-state index is 9.17. The van der Waals surface area contributed by atoms with E-state index in [2.05, 4.69) is 12.1 Å². The molecule has 1 aromatic rings. The van der Waals surface area contributed by atoms with Gasteiger partial charge >= 0.3 is 0 Å². The van der Waals surface area contributed by atoms with Crippen LogP contribution in [0.4, 0.5) is 0 Å². The van der Waals surface area contributed by atoms with E-state index in [1.165, 1.54) is 5.56 Å². The molecule has 0 atom stereocenters. The smallest absolute Gasteiger partial charge is 0.103 e. The Balaban J connectivity index is 2.41. The van der Waals surface area contributed by atoms with E-state index in [0.29, 0.717) is 12.0 Å². The standard InChI is InChI=1S/C13H15NO/c1-11(15)13(10-14)9-5-8-12-6-3-2-4-7-12/h2-4,6-7,15H,5,8-9H2,1H3/b13-11+. The van der Waals surface area contributed by atoms with E-state index in [1.807, 2.05) is 24.3 Å². The van der Waals surface area contributed by atoms with E-state index in [9.17, 15) is 0 Å². The zero-order valence-corrected chi connectivity index (χ0v) is 8.90. The highest BCUT2D eigenvalue weighted by atomic mass is 16.3. The Morgan fingerprint density at radius 1 is 1.33 bits per heavy atom. The van der Waals surface area contributed by atoms with E-state index < -0.39 is 0 Å². The van der Waals surface area contributed by atoms with Crippen LogP contribution in [0.2, 0.25) is 0 Å². The minimum absolute atomic E-state index is 0.144. The first-order chi connectivity index (χ1) is 7.24. The lowest BCUT2D eigenvalue weighted by Crippen LogP contribution is -1.89. The fraction of sp³-hybridized carbons (Fsp3) is 0.308. The summed E-state index contributed by atoms with van der Waals surface area (Å²) < 4.78 is 0. The number of benzene rings is 1. The van der Waals surface area contributed by atoms with Crippen molar-refractivity contribution in [3.05, 3.63) is 47.2 Å². The monoisotopic (exact) mass is 201 g/mol. The van der Waals surface area contributed by atoms with Crippen LogP contribution in [0.5, 0.6) is 0 Å². The molecule has 0 radical (unpaired) electrons. The first-order valence-corrected chi connectivity index (χ1v) is 5.07. The number of hydrogen-bond acceptors (Lipinski definition) is 2. The van der Waals surface area contributed by atoms with Crippen molar-refractivity contribution in [2.45, 2.75) is 26.2 Å². The number of aliphatic hydroxyl groups excluding tert-OH is 1. The number of nitrogens with zero attached hydrogens (tertiary/aromatic N) is 1. The second kappa shape index (κ2) is 5.87. The number of rotatable bonds is 4. The Hall–Kier alpha value is -1.75. The van der Waals surface area contributed by atoms with Gasteiger partial charge < -0.3 is 5.11 Å². The van der Waals surface area contributed by atoms with Gasteiger partial charge in [-0.1, -0.05) is 30.3 Å². The number of aliphatic hydroxyl groups is 1. The lowest BCUT2D eigenvalue weighted by atomic mass is 10.0. The molecule has 0 aromatic heterocycles. The summed E-state index contributed by atoms with van der Waals surface area (Å²) >= 11 is 0. The topological polar surface area (TPSA) is 44.0 Å². The molecule has 1 rings (SSSR count). The molecular weight excluding hydrogens is 186 g/mol. The molecule has 2 nitrogen and oxygen atoms in total. The molecule has 0 fully saturated rings. The third kappa shape index (κ3) is 3.86. The molecule has 2 heteroatoms. The molecule has 15 heavy (non-hydrogen) atoms. The fourth-order valence-corrected chi connectivity index (χ4v) is 1.43. The molecule has 0 bridgehead atoms. The van der Waals surface area contributed by atoms with Crippen LogP contribution in [0.25, 0.3) is 0 Å². The lowest BCUT2D eigenvalue weighted by molar-refractivity contribution is 0.406. The van der Waals surface area contributed by atoms with Crippen molar-refractivity contribution in [3.63, 3.8) is 0 Å². The Kier molecular flexibility index (Phi) is 4.43. The highest BCUT2D eigenvalue weighted by Gasteiger charge is 2.00. The van der Waals surface area contributed by atoms with Crippen LogP contribution in [0.3, 0.4) is 0 Å². The number of aryl methyl sites for hydroxylation is 1. The molecule has 0 aliphatic carbocycles. The minimum atomic E-state index is 0.144. The third-order valence-corrected chi connectivity index (χ3v) is 2.31. The Labute approximate surface area is 90.5 Å². The van der Waals surface area contributed by atoms with Crippen molar-refractivity contribution >= 4 is 0 Å². The molecular formula is C13H15NO. The number of allylic oxidation sites excluding steroid dienone is 2. The van der Waals surface area contributed by atoms with Crippen LogP contribution in [0, 0.1) is 11.3 Å². The molecule has 1 N–H and O–H groups in total. The average Bonchev–Trinajstić information content (AvgIpc) is 2.25. The maximum Gasteiger partial charge on any atom is 0.103 e. The van der Waals surface area contributed by atoms with Crippen LogP contribution < -0.4 is 0 Å². The van der Waals surface area contributed by atoms with Gasteiger partial charge in [0.2, 0.25) is 0 Å². The molecule has 0 saturated heterocycles. The van der Waals surface area contributed by atoms with Gasteiger partial charge in [0.25, 0.3) is 0 Å². The molecule has 0 spiro atoms. The van der Waals surface area contributed by atoms with Crippen LogP contribution >= 0.6 is 0 Å².